The normalized spacial score (nSPS) is 8.62. The predicted octanol–water partition coefficient (Wildman–Crippen LogP) is -1.91. The van der Waals surface area contributed by atoms with Gasteiger partial charge in [-0.1, -0.05) is 0 Å². The maximum atomic E-state index is 10.3. The second kappa shape index (κ2) is 5.01. The van der Waals surface area contributed by atoms with Crippen LogP contribution >= 0.6 is 0 Å². The Hall–Kier alpha value is -0.840. The fourth-order valence-corrected chi connectivity index (χ4v) is 0.755. The van der Waals surface area contributed by atoms with Crippen molar-refractivity contribution in [3.8, 4) is 0 Å². The molecule has 0 saturated carbocycles. The molecule has 0 unspecified atom stereocenters. The summed E-state index contributed by atoms with van der Waals surface area (Å²) in [4.78, 5) is 20.7. The first-order valence-corrected chi connectivity index (χ1v) is 3.18. The standard InChI is InChI=1S/C8H6O4.Na/c9-7(10)5-1-2-6(4-3-5)8(11)12;/h1-4H,(H,9,10)(H,11,12);/q;+1. The van der Waals surface area contributed by atoms with E-state index in [1.807, 2.05) is 0 Å². The van der Waals surface area contributed by atoms with Crippen LogP contribution in [-0.4, -0.2) is 22.2 Å². The van der Waals surface area contributed by atoms with E-state index >= 15 is 0 Å². The van der Waals surface area contributed by atoms with Crippen LogP contribution in [-0.2, 0) is 0 Å². The van der Waals surface area contributed by atoms with Gasteiger partial charge in [0.1, 0.15) is 0 Å². The summed E-state index contributed by atoms with van der Waals surface area (Å²) in [6.07, 6.45) is 0. The fourth-order valence-electron chi connectivity index (χ4n) is 0.755. The Morgan fingerprint density at radius 3 is 1.23 bits per heavy atom. The Labute approximate surface area is 96.5 Å². The second-order valence-corrected chi connectivity index (χ2v) is 2.19. The Kier molecular flexibility index (Phi) is 4.69. The van der Waals surface area contributed by atoms with Crippen molar-refractivity contribution in [3.05, 3.63) is 35.4 Å². The number of hydrogen-bond acceptors (Lipinski definition) is 2. The Bertz CT molecular complexity index is 284. The first-order valence-electron chi connectivity index (χ1n) is 3.18. The van der Waals surface area contributed by atoms with Crippen LogP contribution in [0.3, 0.4) is 0 Å². The van der Waals surface area contributed by atoms with E-state index in [0.29, 0.717) is 0 Å². The molecule has 0 fully saturated rings. The molecular formula is C8H6NaO4+. The summed E-state index contributed by atoms with van der Waals surface area (Å²) < 4.78 is 0. The number of carbonyl (C=O) groups is 2. The van der Waals surface area contributed by atoms with Crippen LogP contribution in [0.5, 0.6) is 0 Å². The van der Waals surface area contributed by atoms with Gasteiger partial charge in [-0.25, -0.2) is 9.59 Å². The van der Waals surface area contributed by atoms with E-state index in [4.69, 9.17) is 10.2 Å². The van der Waals surface area contributed by atoms with E-state index < -0.39 is 11.9 Å². The minimum absolute atomic E-state index is 0. The van der Waals surface area contributed by atoms with Crippen LogP contribution in [0.15, 0.2) is 24.3 Å². The van der Waals surface area contributed by atoms with Crippen molar-refractivity contribution in [2.24, 2.45) is 0 Å². The molecule has 0 saturated heterocycles. The van der Waals surface area contributed by atoms with Crippen molar-refractivity contribution in [2.75, 3.05) is 0 Å². The Morgan fingerprint density at radius 1 is 0.846 bits per heavy atom. The molecule has 0 heterocycles. The van der Waals surface area contributed by atoms with Crippen LogP contribution in [0.2, 0.25) is 0 Å². The van der Waals surface area contributed by atoms with Gasteiger partial charge in [0.2, 0.25) is 0 Å². The molecule has 1 aromatic rings. The van der Waals surface area contributed by atoms with Crippen molar-refractivity contribution in [2.45, 2.75) is 0 Å². The van der Waals surface area contributed by atoms with Crippen molar-refractivity contribution in [1.29, 1.82) is 0 Å². The molecule has 0 aliphatic carbocycles. The fraction of sp³-hybridized carbons (Fsp3) is 0. The van der Waals surface area contributed by atoms with Crippen molar-refractivity contribution < 1.29 is 49.4 Å². The van der Waals surface area contributed by atoms with E-state index in [1.165, 1.54) is 24.3 Å². The molecular weight excluding hydrogens is 183 g/mol. The van der Waals surface area contributed by atoms with Gasteiger partial charge in [0.05, 0.1) is 11.1 Å². The molecule has 0 bridgehead atoms. The van der Waals surface area contributed by atoms with E-state index in [2.05, 4.69) is 0 Å². The van der Waals surface area contributed by atoms with Crippen LogP contribution in [0.25, 0.3) is 0 Å². The molecule has 0 aromatic heterocycles. The molecule has 0 spiro atoms. The van der Waals surface area contributed by atoms with E-state index in [0.717, 1.165) is 0 Å². The zero-order valence-electron chi connectivity index (χ0n) is 7.02. The summed E-state index contributed by atoms with van der Waals surface area (Å²) in [5.41, 5.74) is 0.167. The summed E-state index contributed by atoms with van der Waals surface area (Å²) in [5, 5.41) is 16.9. The third kappa shape index (κ3) is 3.18. The summed E-state index contributed by atoms with van der Waals surface area (Å²) in [7, 11) is 0. The van der Waals surface area contributed by atoms with E-state index in [1.54, 1.807) is 0 Å². The van der Waals surface area contributed by atoms with Gasteiger partial charge in [0.25, 0.3) is 0 Å². The van der Waals surface area contributed by atoms with Gasteiger partial charge in [-0.05, 0) is 24.3 Å². The number of benzene rings is 1. The molecule has 13 heavy (non-hydrogen) atoms. The van der Waals surface area contributed by atoms with Gasteiger partial charge in [-0.3, -0.25) is 0 Å². The SMILES string of the molecule is O=C(O)c1ccc(C(=O)O)cc1.[Na+]. The monoisotopic (exact) mass is 189 g/mol. The number of rotatable bonds is 2. The third-order valence-corrected chi connectivity index (χ3v) is 1.38. The van der Waals surface area contributed by atoms with Crippen molar-refractivity contribution in [1.82, 2.24) is 0 Å². The molecule has 0 radical (unpaired) electrons. The quantitative estimate of drug-likeness (QED) is 0.532. The van der Waals surface area contributed by atoms with Gasteiger partial charge in [0, 0.05) is 0 Å². The molecule has 0 aliphatic heterocycles. The third-order valence-electron chi connectivity index (χ3n) is 1.38. The molecule has 0 aliphatic rings. The molecule has 1 aromatic carbocycles. The zero-order chi connectivity index (χ0) is 9.14. The van der Waals surface area contributed by atoms with Gasteiger partial charge < -0.3 is 10.2 Å². The van der Waals surface area contributed by atoms with E-state index in [-0.39, 0.29) is 40.7 Å². The topological polar surface area (TPSA) is 74.6 Å². The van der Waals surface area contributed by atoms with Crippen LogP contribution < -0.4 is 29.6 Å². The maximum absolute atomic E-state index is 10.3. The zero-order valence-corrected chi connectivity index (χ0v) is 9.02. The summed E-state index contributed by atoms with van der Waals surface area (Å²) in [6.45, 7) is 0. The van der Waals surface area contributed by atoms with E-state index in [9.17, 15) is 9.59 Å². The smallest absolute Gasteiger partial charge is 0.478 e. The minimum atomic E-state index is -1.06. The van der Waals surface area contributed by atoms with Gasteiger partial charge >= 0.3 is 41.5 Å². The van der Waals surface area contributed by atoms with Crippen LogP contribution in [0.1, 0.15) is 20.7 Å². The van der Waals surface area contributed by atoms with Crippen LogP contribution in [0, 0.1) is 0 Å². The molecule has 0 amide bonds. The molecule has 5 heteroatoms. The Morgan fingerprint density at radius 2 is 1.08 bits per heavy atom. The average Bonchev–Trinajstić information content (AvgIpc) is 2.04. The predicted molar refractivity (Wildman–Crippen MR) is 40.4 cm³/mol. The number of aromatic carboxylic acids is 2. The maximum Gasteiger partial charge on any atom is 1.00 e. The Balaban J connectivity index is 0.00000144. The van der Waals surface area contributed by atoms with Crippen molar-refractivity contribution in [3.63, 3.8) is 0 Å². The first kappa shape index (κ1) is 12.2. The molecule has 62 valence electrons. The average molecular weight is 189 g/mol. The number of hydrogen-bond donors (Lipinski definition) is 2. The van der Waals surface area contributed by atoms with Gasteiger partial charge in [-0.15, -0.1) is 0 Å². The summed E-state index contributed by atoms with van der Waals surface area (Å²) in [5.74, 6) is -2.13. The summed E-state index contributed by atoms with van der Waals surface area (Å²) >= 11 is 0. The molecule has 4 nitrogen and oxygen atoms in total. The largest absolute Gasteiger partial charge is 1.00 e. The number of carboxylic acid groups (broad SMARTS) is 2. The number of carboxylic acids is 2. The van der Waals surface area contributed by atoms with Gasteiger partial charge in [0.15, 0.2) is 0 Å². The van der Waals surface area contributed by atoms with Gasteiger partial charge in [-0.2, -0.15) is 0 Å². The summed E-state index contributed by atoms with van der Waals surface area (Å²) in [6, 6.07) is 5.02. The van der Waals surface area contributed by atoms with Crippen LogP contribution in [0.4, 0.5) is 0 Å². The molecule has 0 atom stereocenters. The molecule has 1 rings (SSSR count). The molecule has 2 N–H and O–H groups in total. The van der Waals surface area contributed by atoms with Crippen molar-refractivity contribution >= 4 is 11.9 Å². The minimum Gasteiger partial charge on any atom is -0.478 e. The first-order chi connectivity index (χ1) is 5.61. The second-order valence-electron chi connectivity index (χ2n) is 2.19.